The van der Waals surface area contributed by atoms with E-state index in [1.165, 1.54) is 16.9 Å². The Morgan fingerprint density at radius 1 is 1.57 bits per heavy atom. The number of carboxylic acids is 1. The number of rotatable bonds is 6. The highest BCUT2D eigenvalue weighted by atomic mass is 79.9. The molecule has 0 atom stereocenters. The quantitative estimate of drug-likeness (QED) is 0.738. The minimum Gasteiger partial charge on any atom is -0.476 e. The second kappa shape index (κ2) is 6.40. The van der Waals surface area contributed by atoms with Gasteiger partial charge in [0.25, 0.3) is 0 Å². The van der Waals surface area contributed by atoms with Crippen LogP contribution in [0.2, 0.25) is 5.02 Å². The lowest BCUT2D eigenvalue weighted by molar-refractivity contribution is 0.0690. The van der Waals surface area contributed by atoms with E-state index in [-0.39, 0.29) is 23.0 Å². The second-order valence-electron chi connectivity index (χ2n) is 3.76. The second-order valence-corrected chi connectivity index (χ2v) is 8.53. The van der Waals surface area contributed by atoms with Crippen molar-refractivity contribution in [2.24, 2.45) is 0 Å². The van der Waals surface area contributed by atoms with Gasteiger partial charge in [0, 0.05) is 6.54 Å². The highest BCUT2D eigenvalue weighted by molar-refractivity contribution is 9.11. The Labute approximate surface area is 136 Å². The molecule has 0 saturated carbocycles. The van der Waals surface area contributed by atoms with E-state index < -0.39 is 16.0 Å². The van der Waals surface area contributed by atoms with Crippen LogP contribution in [0, 0.1) is 0 Å². The molecule has 0 aliphatic rings. The number of nitrogens with zero attached hydrogens (tertiary/aromatic N) is 3. The topological polar surface area (TPSA) is 114 Å². The summed E-state index contributed by atoms with van der Waals surface area (Å²) in [6.45, 7) is 0.192. The van der Waals surface area contributed by atoms with Gasteiger partial charge in [-0.1, -0.05) is 16.8 Å². The molecule has 0 aromatic carbocycles. The third-order valence-corrected chi connectivity index (χ3v) is 6.69. The molecule has 0 aliphatic carbocycles. The first-order valence-corrected chi connectivity index (χ1v) is 8.84. The molecule has 0 radical (unpaired) electrons. The van der Waals surface area contributed by atoms with E-state index in [1.807, 2.05) is 0 Å². The molecule has 2 aromatic heterocycles. The summed E-state index contributed by atoms with van der Waals surface area (Å²) >= 11 is 9.93. The van der Waals surface area contributed by atoms with Crippen LogP contribution in [-0.4, -0.2) is 41.0 Å². The molecule has 8 nitrogen and oxygen atoms in total. The molecule has 114 valence electrons. The van der Waals surface area contributed by atoms with E-state index in [0.29, 0.717) is 8.81 Å². The standard InChI is InChI=1S/C9H8BrClN4O4S2/c10-8-5(11)3-7(20-8)21(18,19)12-1-2-15-4-6(9(16)17)13-14-15/h3-4,12H,1-2H2,(H,16,17). The van der Waals surface area contributed by atoms with Crippen molar-refractivity contribution >= 4 is 54.9 Å². The number of halogens is 2. The fourth-order valence-electron chi connectivity index (χ4n) is 1.33. The van der Waals surface area contributed by atoms with Gasteiger partial charge in [-0.05, 0) is 22.0 Å². The molecule has 21 heavy (non-hydrogen) atoms. The predicted molar refractivity (Wildman–Crippen MR) is 79.2 cm³/mol. The summed E-state index contributed by atoms with van der Waals surface area (Å²) < 4.78 is 28.2. The van der Waals surface area contributed by atoms with Crippen LogP contribution in [0.3, 0.4) is 0 Å². The Balaban J connectivity index is 1.97. The average Bonchev–Trinajstić information content (AvgIpc) is 2.98. The number of aromatic carboxylic acids is 1. The van der Waals surface area contributed by atoms with Crippen LogP contribution in [0.1, 0.15) is 10.5 Å². The normalized spacial score (nSPS) is 11.7. The first kappa shape index (κ1) is 16.4. The minimum atomic E-state index is -3.67. The molecule has 12 heteroatoms. The van der Waals surface area contributed by atoms with Crippen LogP contribution in [0.5, 0.6) is 0 Å². The van der Waals surface area contributed by atoms with E-state index in [4.69, 9.17) is 16.7 Å². The number of sulfonamides is 1. The summed E-state index contributed by atoms with van der Waals surface area (Å²) in [6.07, 6.45) is 1.22. The molecule has 0 unspecified atom stereocenters. The molecular formula is C9H8BrClN4O4S2. The maximum absolute atomic E-state index is 12.0. The number of hydrogen-bond donors (Lipinski definition) is 2. The lowest BCUT2D eigenvalue weighted by Gasteiger charge is -2.04. The van der Waals surface area contributed by atoms with E-state index in [2.05, 4.69) is 31.0 Å². The first-order valence-electron chi connectivity index (χ1n) is 5.37. The molecule has 0 bridgehead atoms. The number of carbonyl (C=O) groups is 1. The molecule has 0 saturated heterocycles. The predicted octanol–water partition coefficient (Wildman–Crippen LogP) is 1.43. The zero-order valence-corrected chi connectivity index (χ0v) is 14.1. The molecule has 2 N–H and O–H groups in total. The molecule has 0 spiro atoms. The van der Waals surface area contributed by atoms with Crippen LogP contribution in [0.15, 0.2) is 20.3 Å². The van der Waals surface area contributed by atoms with Gasteiger partial charge in [0.05, 0.1) is 21.6 Å². The molecule has 0 aliphatic heterocycles. The highest BCUT2D eigenvalue weighted by Gasteiger charge is 2.18. The molecule has 0 amide bonds. The van der Waals surface area contributed by atoms with Gasteiger partial charge in [-0.2, -0.15) is 0 Å². The fraction of sp³-hybridized carbons (Fsp3) is 0.222. The monoisotopic (exact) mass is 414 g/mol. The number of nitrogens with one attached hydrogen (secondary N) is 1. The van der Waals surface area contributed by atoms with E-state index in [1.54, 1.807) is 0 Å². The summed E-state index contributed by atoms with van der Waals surface area (Å²) in [5.74, 6) is -1.19. The van der Waals surface area contributed by atoms with Crippen LogP contribution in [-0.2, 0) is 16.6 Å². The maximum Gasteiger partial charge on any atom is 0.358 e. The van der Waals surface area contributed by atoms with E-state index in [9.17, 15) is 13.2 Å². The minimum absolute atomic E-state index is 0.0396. The zero-order chi connectivity index (χ0) is 15.6. The molecule has 2 heterocycles. The van der Waals surface area contributed by atoms with Gasteiger partial charge in [-0.15, -0.1) is 16.4 Å². The van der Waals surface area contributed by atoms with Gasteiger partial charge in [0.2, 0.25) is 10.0 Å². The highest BCUT2D eigenvalue weighted by Crippen LogP contribution is 2.34. The van der Waals surface area contributed by atoms with Crippen molar-refractivity contribution in [1.82, 2.24) is 19.7 Å². The van der Waals surface area contributed by atoms with Crippen LogP contribution in [0.25, 0.3) is 0 Å². The van der Waals surface area contributed by atoms with Gasteiger partial charge in [-0.3, -0.25) is 4.68 Å². The summed E-state index contributed by atoms with van der Waals surface area (Å²) in [6, 6.07) is 1.34. The van der Waals surface area contributed by atoms with Crippen molar-refractivity contribution in [2.75, 3.05) is 6.54 Å². The summed E-state index contributed by atoms with van der Waals surface area (Å²) in [5.41, 5.74) is -0.202. The summed E-state index contributed by atoms with van der Waals surface area (Å²) in [5, 5.41) is 16.0. The third-order valence-electron chi connectivity index (χ3n) is 2.28. The summed E-state index contributed by atoms with van der Waals surface area (Å²) in [4.78, 5) is 10.6. The first-order chi connectivity index (χ1) is 9.79. The van der Waals surface area contributed by atoms with E-state index in [0.717, 1.165) is 11.3 Å². The number of aromatic nitrogens is 3. The Bertz CT molecular complexity index is 753. The fourth-order valence-corrected chi connectivity index (χ4v) is 4.79. The number of carboxylic acid groups (broad SMARTS) is 1. The molecular weight excluding hydrogens is 408 g/mol. The smallest absolute Gasteiger partial charge is 0.358 e. The van der Waals surface area contributed by atoms with Crippen LogP contribution >= 0.6 is 38.9 Å². The van der Waals surface area contributed by atoms with Crippen molar-refractivity contribution in [3.8, 4) is 0 Å². The van der Waals surface area contributed by atoms with Crippen molar-refractivity contribution < 1.29 is 18.3 Å². The largest absolute Gasteiger partial charge is 0.476 e. The Hall–Kier alpha value is -1.01. The molecule has 2 rings (SSSR count). The third kappa shape index (κ3) is 4.01. The average molecular weight is 416 g/mol. The van der Waals surface area contributed by atoms with Crippen LogP contribution < -0.4 is 4.72 Å². The number of thiophene rings is 1. The van der Waals surface area contributed by atoms with Gasteiger partial charge in [0.1, 0.15) is 4.21 Å². The van der Waals surface area contributed by atoms with Crippen molar-refractivity contribution in [1.29, 1.82) is 0 Å². The van der Waals surface area contributed by atoms with Gasteiger partial charge < -0.3 is 5.11 Å². The van der Waals surface area contributed by atoms with Crippen molar-refractivity contribution in [3.63, 3.8) is 0 Å². The maximum atomic E-state index is 12.0. The lowest BCUT2D eigenvalue weighted by atomic mass is 10.5. The Morgan fingerprint density at radius 2 is 2.29 bits per heavy atom. The molecule has 2 aromatic rings. The van der Waals surface area contributed by atoms with Gasteiger partial charge >= 0.3 is 5.97 Å². The molecule has 0 fully saturated rings. The van der Waals surface area contributed by atoms with Crippen LogP contribution in [0.4, 0.5) is 0 Å². The van der Waals surface area contributed by atoms with Gasteiger partial charge in [0.15, 0.2) is 5.69 Å². The number of hydrogen-bond acceptors (Lipinski definition) is 6. The Morgan fingerprint density at radius 3 is 2.81 bits per heavy atom. The Kier molecular flexibility index (Phi) is 4.99. The lowest BCUT2D eigenvalue weighted by Crippen LogP contribution is -2.27. The van der Waals surface area contributed by atoms with E-state index >= 15 is 0 Å². The SMILES string of the molecule is O=C(O)c1cn(CCNS(=O)(=O)c2cc(Cl)c(Br)s2)nn1. The van der Waals surface area contributed by atoms with Gasteiger partial charge in [-0.25, -0.2) is 17.9 Å². The zero-order valence-electron chi connectivity index (χ0n) is 10.2. The van der Waals surface area contributed by atoms with Crippen molar-refractivity contribution in [2.45, 2.75) is 10.8 Å². The summed E-state index contributed by atoms with van der Waals surface area (Å²) in [7, 11) is -3.67. The van der Waals surface area contributed by atoms with Crippen molar-refractivity contribution in [3.05, 3.63) is 26.8 Å².